The topological polar surface area (TPSA) is 75.1 Å². The van der Waals surface area contributed by atoms with Gasteiger partial charge in [0.25, 0.3) is 5.56 Å². The van der Waals surface area contributed by atoms with Crippen molar-refractivity contribution in [2.24, 2.45) is 0 Å². The molecule has 0 atom stereocenters. The molecular weight excluding hydrogens is 316 g/mol. The van der Waals surface area contributed by atoms with Crippen molar-refractivity contribution in [3.8, 4) is 11.1 Å². The van der Waals surface area contributed by atoms with E-state index in [-0.39, 0.29) is 4.73 Å². The monoisotopic (exact) mass is 328 g/mol. The summed E-state index contributed by atoms with van der Waals surface area (Å²) in [4.78, 5) is 25.3. The number of aromatic nitrogens is 2. The minimum Gasteiger partial charge on any atom is -0.421 e. The van der Waals surface area contributed by atoms with Crippen molar-refractivity contribution in [3.05, 3.63) is 91.7 Å². The second kappa shape index (κ2) is 6.14. The van der Waals surface area contributed by atoms with E-state index in [0.29, 0.717) is 17.1 Å². The highest BCUT2D eigenvalue weighted by Gasteiger charge is 2.05. The van der Waals surface area contributed by atoms with E-state index in [4.69, 9.17) is 16.8 Å². The Balaban J connectivity index is 1.95. The highest BCUT2D eigenvalue weighted by atomic mass is 35.5. The van der Waals surface area contributed by atoms with Gasteiger partial charge in [-0.3, -0.25) is 4.79 Å². The summed E-state index contributed by atoms with van der Waals surface area (Å²) in [5, 5.41) is 9.82. The van der Waals surface area contributed by atoms with Crippen LogP contribution in [0.3, 0.4) is 0 Å². The van der Waals surface area contributed by atoms with Crippen LogP contribution in [0, 0.1) is 0 Å². The summed E-state index contributed by atoms with van der Waals surface area (Å²) in [6, 6.07) is 16.4. The summed E-state index contributed by atoms with van der Waals surface area (Å²) in [5.41, 5.74) is 1.73. The van der Waals surface area contributed by atoms with Crippen LogP contribution in [0.5, 0.6) is 0 Å². The molecule has 116 valence electrons. The summed E-state index contributed by atoms with van der Waals surface area (Å²) in [6.07, 6.45) is 0.375. The van der Waals surface area contributed by atoms with Gasteiger partial charge in [-0.25, -0.2) is 4.79 Å². The third-order valence-corrected chi connectivity index (χ3v) is 3.68. The highest BCUT2D eigenvalue weighted by Crippen LogP contribution is 2.24. The van der Waals surface area contributed by atoms with E-state index in [2.05, 4.69) is 4.98 Å². The lowest BCUT2D eigenvalue weighted by molar-refractivity contribution is 0.160. The third kappa shape index (κ3) is 3.35. The molecule has 0 radical (unpaired) electrons. The molecule has 0 aliphatic carbocycles. The summed E-state index contributed by atoms with van der Waals surface area (Å²) in [5.74, 6) is 0. The standard InChI is InChI=1S/C17H13ClN2O3/c18-14-6-2-5-13(9-14)12-4-1-3-11(7-12)8-15-10-16(21)20(23)17(22)19-15/h1-7,9-10,23H,8H2,(H,19,22). The Hall–Kier alpha value is -2.79. The van der Waals surface area contributed by atoms with Gasteiger partial charge in [-0.2, -0.15) is 0 Å². The number of hydrogen-bond donors (Lipinski definition) is 2. The molecule has 0 saturated carbocycles. The number of halogens is 1. The zero-order valence-electron chi connectivity index (χ0n) is 12.0. The van der Waals surface area contributed by atoms with Gasteiger partial charge in [0.15, 0.2) is 0 Å². The van der Waals surface area contributed by atoms with Gasteiger partial charge < -0.3 is 10.2 Å². The van der Waals surface area contributed by atoms with Crippen LogP contribution in [0.2, 0.25) is 5.02 Å². The molecule has 0 unspecified atom stereocenters. The van der Waals surface area contributed by atoms with Crippen molar-refractivity contribution in [1.29, 1.82) is 0 Å². The van der Waals surface area contributed by atoms with Gasteiger partial charge in [0, 0.05) is 23.2 Å². The number of hydrogen-bond acceptors (Lipinski definition) is 3. The van der Waals surface area contributed by atoms with Crippen LogP contribution in [0.1, 0.15) is 11.3 Å². The molecule has 0 aliphatic heterocycles. The molecule has 3 rings (SSSR count). The normalized spacial score (nSPS) is 10.7. The van der Waals surface area contributed by atoms with E-state index in [1.807, 2.05) is 48.5 Å². The zero-order chi connectivity index (χ0) is 16.4. The lowest BCUT2D eigenvalue weighted by Gasteiger charge is -2.06. The largest absolute Gasteiger partial charge is 0.421 e. The molecule has 0 amide bonds. The summed E-state index contributed by atoms with van der Waals surface area (Å²) in [7, 11) is 0. The van der Waals surface area contributed by atoms with Gasteiger partial charge in [0.2, 0.25) is 0 Å². The fraction of sp³-hybridized carbons (Fsp3) is 0.0588. The van der Waals surface area contributed by atoms with E-state index < -0.39 is 11.2 Å². The molecular formula is C17H13ClN2O3. The van der Waals surface area contributed by atoms with Crippen LogP contribution < -0.4 is 11.2 Å². The molecule has 1 heterocycles. The fourth-order valence-corrected chi connectivity index (χ4v) is 2.57. The van der Waals surface area contributed by atoms with Crippen molar-refractivity contribution >= 4 is 11.6 Å². The Morgan fingerprint density at radius 3 is 2.39 bits per heavy atom. The number of aromatic amines is 1. The minimum absolute atomic E-state index is 0.0475. The van der Waals surface area contributed by atoms with Crippen molar-refractivity contribution in [1.82, 2.24) is 9.71 Å². The maximum absolute atomic E-state index is 11.5. The van der Waals surface area contributed by atoms with Crippen molar-refractivity contribution in [3.63, 3.8) is 0 Å². The lowest BCUT2D eigenvalue weighted by Crippen LogP contribution is -2.33. The first kappa shape index (κ1) is 15.1. The molecule has 0 fully saturated rings. The molecule has 23 heavy (non-hydrogen) atoms. The Bertz CT molecular complexity index is 945. The Kier molecular flexibility index (Phi) is 4.04. The van der Waals surface area contributed by atoms with Gasteiger partial charge in [-0.1, -0.05) is 52.7 Å². The molecule has 2 aromatic carbocycles. The van der Waals surface area contributed by atoms with E-state index in [0.717, 1.165) is 16.7 Å². The smallest absolute Gasteiger partial charge is 0.362 e. The lowest BCUT2D eigenvalue weighted by atomic mass is 10.0. The molecule has 0 spiro atoms. The predicted molar refractivity (Wildman–Crippen MR) is 88.2 cm³/mol. The summed E-state index contributed by atoms with van der Waals surface area (Å²) in [6.45, 7) is 0. The molecule has 5 nitrogen and oxygen atoms in total. The first-order chi connectivity index (χ1) is 11.0. The molecule has 6 heteroatoms. The van der Waals surface area contributed by atoms with E-state index in [1.165, 1.54) is 6.07 Å². The quantitative estimate of drug-likeness (QED) is 0.726. The van der Waals surface area contributed by atoms with Gasteiger partial charge in [0.1, 0.15) is 0 Å². The van der Waals surface area contributed by atoms with Crippen LogP contribution in [0.4, 0.5) is 0 Å². The van der Waals surface area contributed by atoms with Gasteiger partial charge in [-0.15, -0.1) is 0 Å². The Morgan fingerprint density at radius 2 is 1.70 bits per heavy atom. The van der Waals surface area contributed by atoms with Gasteiger partial charge in [-0.05, 0) is 28.8 Å². The predicted octanol–water partition coefficient (Wildman–Crippen LogP) is 2.69. The van der Waals surface area contributed by atoms with Crippen LogP contribution >= 0.6 is 11.6 Å². The number of H-pyrrole nitrogens is 1. The minimum atomic E-state index is -0.849. The van der Waals surface area contributed by atoms with Crippen LogP contribution in [0.15, 0.2) is 64.2 Å². The first-order valence-electron chi connectivity index (χ1n) is 6.92. The van der Waals surface area contributed by atoms with Crippen LogP contribution in [-0.4, -0.2) is 14.9 Å². The SMILES string of the molecule is O=c1cc(Cc2cccc(-c3cccc(Cl)c3)c2)[nH]c(=O)n1O. The Morgan fingerprint density at radius 1 is 1.00 bits per heavy atom. The van der Waals surface area contributed by atoms with Gasteiger partial charge in [0.05, 0.1) is 0 Å². The second-order valence-corrected chi connectivity index (χ2v) is 5.57. The number of nitrogens with zero attached hydrogens (tertiary/aromatic N) is 1. The van der Waals surface area contributed by atoms with Crippen LogP contribution in [0.25, 0.3) is 11.1 Å². The van der Waals surface area contributed by atoms with E-state index in [9.17, 15) is 9.59 Å². The van der Waals surface area contributed by atoms with Crippen molar-refractivity contribution in [2.75, 3.05) is 0 Å². The van der Waals surface area contributed by atoms with Crippen LogP contribution in [-0.2, 0) is 6.42 Å². The molecule has 1 aromatic heterocycles. The molecule has 2 N–H and O–H groups in total. The molecule has 0 bridgehead atoms. The first-order valence-corrected chi connectivity index (χ1v) is 7.30. The zero-order valence-corrected chi connectivity index (χ0v) is 12.7. The molecule has 0 aliphatic rings. The maximum Gasteiger partial charge on any atom is 0.362 e. The summed E-state index contributed by atoms with van der Waals surface area (Å²) < 4.78 is 0.0475. The summed E-state index contributed by atoms with van der Waals surface area (Å²) >= 11 is 6.01. The Labute approximate surface area is 136 Å². The molecule has 0 saturated heterocycles. The maximum atomic E-state index is 11.5. The highest BCUT2D eigenvalue weighted by molar-refractivity contribution is 6.30. The van der Waals surface area contributed by atoms with Crippen molar-refractivity contribution in [2.45, 2.75) is 6.42 Å². The number of benzene rings is 2. The average Bonchev–Trinajstić information content (AvgIpc) is 2.53. The van der Waals surface area contributed by atoms with E-state index in [1.54, 1.807) is 0 Å². The average molecular weight is 329 g/mol. The van der Waals surface area contributed by atoms with Crippen molar-refractivity contribution < 1.29 is 5.21 Å². The fourth-order valence-electron chi connectivity index (χ4n) is 2.38. The number of nitrogens with one attached hydrogen (secondary N) is 1. The molecule has 3 aromatic rings. The number of rotatable bonds is 3. The third-order valence-electron chi connectivity index (χ3n) is 3.45. The van der Waals surface area contributed by atoms with Gasteiger partial charge >= 0.3 is 5.69 Å². The van der Waals surface area contributed by atoms with E-state index >= 15 is 0 Å². The second-order valence-electron chi connectivity index (χ2n) is 5.14.